The lowest BCUT2D eigenvalue weighted by atomic mass is 9.83. The first-order chi connectivity index (χ1) is 11.2. The van der Waals surface area contributed by atoms with E-state index in [9.17, 15) is 9.18 Å². The molecule has 132 valence electrons. The summed E-state index contributed by atoms with van der Waals surface area (Å²) in [6, 6.07) is 2.72. The number of ketones is 1. The van der Waals surface area contributed by atoms with Crippen molar-refractivity contribution in [1.82, 2.24) is 10.0 Å². The summed E-state index contributed by atoms with van der Waals surface area (Å²) >= 11 is 3.55. The standard InChI is InChI=1S/C19H26BrFN2O/c1-12(20)15-9-14(21)10-16-17(15)11-23(13(2)18(16)24)22-7-5-19(3,4)6-8-22/h9-10,12-13H,5-8,11H2,1-4H3. The second-order valence-electron chi connectivity index (χ2n) is 7.89. The molecule has 0 spiro atoms. The summed E-state index contributed by atoms with van der Waals surface area (Å²) in [5, 5.41) is 4.51. The van der Waals surface area contributed by atoms with E-state index in [1.165, 1.54) is 6.07 Å². The van der Waals surface area contributed by atoms with Crippen LogP contribution in [-0.4, -0.2) is 34.9 Å². The van der Waals surface area contributed by atoms with Crippen LogP contribution in [0.5, 0.6) is 0 Å². The van der Waals surface area contributed by atoms with Gasteiger partial charge in [-0.05, 0) is 55.4 Å². The van der Waals surface area contributed by atoms with Crippen molar-refractivity contribution in [3.8, 4) is 0 Å². The highest BCUT2D eigenvalue weighted by Gasteiger charge is 2.38. The number of carbonyl (C=O) groups excluding carboxylic acids is 1. The monoisotopic (exact) mass is 396 g/mol. The van der Waals surface area contributed by atoms with Gasteiger partial charge in [0.1, 0.15) is 5.82 Å². The highest BCUT2D eigenvalue weighted by atomic mass is 79.9. The maximum atomic E-state index is 14.0. The Bertz CT molecular complexity index is 649. The van der Waals surface area contributed by atoms with E-state index >= 15 is 0 Å². The van der Waals surface area contributed by atoms with Gasteiger partial charge >= 0.3 is 0 Å². The highest BCUT2D eigenvalue weighted by Crippen LogP contribution is 2.36. The topological polar surface area (TPSA) is 23.6 Å². The van der Waals surface area contributed by atoms with Crippen molar-refractivity contribution in [1.29, 1.82) is 0 Å². The molecule has 1 fully saturated rings. The van der Waals surface area contributed by atoms with Crippen molar-refractivity contribution in [3.63, 3.8) is 0 Å². The first kappa shape index (κ1) is 18.0. The number of hydrazine groups is 1. The number of hydrogen-bond donors (Lipinski definition) is 0. The van der Waals surface area contributed by atoms with Gasteiger partial charge in [0, 0.05) is 30.0 Å². The van der Waals surface area contributed by atoms with E-state index in [2.05, 4.69) is 39.8 Å². The average Bonchev–Trinajstić information content (AvgIpc) is 2.51. The van der Waals surface area contributed by atoms with Gasteiger partial charge in [-0.2, -0.15) is 0 Å². The number of benzene rings is 1. The Morgan fingerprint density at radius 2 is 1.92 bits per heavy atom. The van der Waals surface area contributed by atoms with Crippen LogP contribution >= 0.6 is 15.9 Å². The van der Waals surface area contributed by atoms with Gasteiger partial charge in [-0.25, -0.2) is 14.4 Å². The van der Waals surface area contributed by atoms with Crippen LogP contribution in [0.15, 0.2) is 12.1 Å². The van der Waals surface area contributed by atoms with E-state index in [-0.39, 0.29) is 22.5 Å². The van der Waals surface area contributed by atoms with Crippen molar-refractivity contribution < 1.29 is 9.18 Å². The van der Waals surface area contributed by atoms with Crippen LogP contribution in [-0.2, 0) is 6.54 Å². The van der Waals surface area contributed by atoms with Gasteiger partial charge < -0.3 is 0 Å². The molecule has 1 saturated heterocycles. The minimum atomic E-state index is -0.330. The molecule has 3 rings (SSSR count). The molecule has 0 aromatic heterocycles. The molecule has 2 aliphatic rings. The Morgan fingerprint density at radius 1 is 1.29 bits per heavy atom. The lowest BCUT2D eigenvalue weighted by molar-refractivity contribution is -0.0871. The number of alkyl halides is 1. The zero-order valence-electron chi connectivity index (χ0n) is 14.9. The molecule has 5 heteroatoms. The number of hydrogen-bond acceptors (Lipinski definition) is 3. The van der Waals surface area contributed by atoms with Gasteiger partial charge in [0.25, 0.3) is 0 Å². The number of piperidine rings is 1. The lowest BCUT2D eigenvalue weighted by Crippen LogP contribution is -2.56. The normalized spacial score (nSPS) is 26.2. The van der Waals surface area contributed by atoms with Crippen LogP contribution < -0.4 is 0 Å². The van der Waals surface area contributed by atoms with E-state index < -0.39 is 0 Å². The van der Waals surface area contributed by atoms with Crippen molar-refractivity contribution in [2.24, 2.45) is 5.41 Å². The fraction of sp³-hybridized carbons (Fsp3) is 0.632. The maximum absolute atomic E-state index is 14.0. The van der Waals surface area contributed by atoms with E-state index in [1.54, 1.807) is 6.07 Å². The van der Waals surface area contributed by atoms with Crippen molar-refractivity contribution in [2.75, 3.05) is 13.1 Å². The fourth-order valence-electron chi connectivity index (χ4n) is 3.77. The Morgan fingerprint density at radius 3 is 2.50 bits per heavy atom. The molecule has 0 saturated carbocycles. The number of fused-ring (bicyclic) bond motifs is 1. The summed E-state index contributed by atoms with van der Waals surface area (Å²) in [5.41, 5.74) is 2.77. The summed E-state index contributed by atoms with van der Waals surface area (Å²) in [4.78, 5) is 12.9. The number of halogens is 2. The van der Waals surface area contributed by atoms with E-state index in [0.717, 1.165) is 37.1 Å². The molecule has 24 heavy (non-hydrogen) atoms. The Kier molecular flexibility index (Phi) is 4.89. The van der Waals surface area contributed by atoms with Gasteiger partial charge in [0.05, 0.1) is 6.04 Å². The first-order valence-corrected chi connectivity index (χ1v) is 9.63. The Balaban J connectivity index is 1.93. The molecule has 0 radical (unpaired) electrons. The molecule has 1 aromatic rings. The molecule has 3 nitrogen and oxygen atoms in total. The molecule has 2 unspecified atom stereocenters. The third-order valence-electron chi connectivity index (χ3n) is 5.55. The van der Waals surface area contributed by atoms with Gasteiger partial charge in [-0.1, -0.05) is 29.8 Å². The fourth-order valence-corrected chi connectivity index (χ4v) is 4.18. The SMILES string of the molecule is CC(Br)c1cc(F)cc2c1CN(N1CCC(C)(C)CC1)C(C)C2=O. The second kappa shape index (κ2) is 6.50. The second-order valence-corrected chi connectivity index (χ2v) is 9.27. The molecule has 0 bridgehead atoms. The summed E-state index contributed by atoms with van der Waals surface area (Å²) in [6.07, 6.45) is 2.25. The van der Waals surface area contributed by atoms with Gasteiger partial charge in [0.15, 0.2) is 5.78 Å². The third-order valence-corrected chi connectivity index (χ3v) is 6.04. The molecule has 1 aromatic carbocycles. The van der Waals surface area contributed by atoms with E-state index in [1.807, 2.05) is 13.8 Å². The molecule has 0 N–H and O–H groups in total. The largest absolute Gasteiger partial charge is 0.292 e. The van der Waals surface area contributed by atoms with Crippen molar-refractivity contribution in [3.05, 3.63) is 34.6 Å². The first-order valence-electron chi connectivity index (χ1n) is 8.72. The van der Waals surface area contributed by atoms with Crippen LogP contribution in [0, 0.1) is 11.2 Å². The summed E-state index contributed by atoms with van der Waals surface area (Å²) in [6.45, 7) is 11.1. The van der Waals surface area contributed by atoms with Crippen molar-refractivity contribution >= 4 is 21.7 Å². The number of Topliss-reactive ketones (excluding diaryl/α,β-unsaturated/α-hetero) is 1. The van der Waals surface area contributed by atoms with Gasteiger partial charge in [-0.3, -0.25) is 4.79 Å². The average molecular weight is 397 g/mol. The van der Waals surface area contributed by atoms with Crippen molar-refractivity contribution in [2.45, 2.75) is 58.0 Å². The van der Waals surface area contributed by atoms with Crippen LogP contribution in [0.3, 0.4) is 0 Å². The number of rotatable bonds is 2. The van der Waals surface area contributed by atoms with Crippen LogP contribution in [0.1, 0.15) is 66.8 Å². The van der Waals surface area contributed by atoms with Gasteiger partial charge in [0.2, 0.25) is 0 Å². The summed E-state index contributed by atoms with van der Waals surface area (Å²) < 4.78 is 14.0. The minimum absolute atomic E-state index is 0.0188. The summed E-state index contributed by atoms with van der Waals surface area (Å²) in [7, 11) is 0. The maximum Gasteiger partial charge on any atom is 0.181 e. The van der Waals surface area contributed by atoms with E-state index in [4.69, 9.17) is 0 Å². The zero-order valence-corrected chi connectivity index (χ0v) is 16.5. The molecular weight excluding hydrogens is 371 g/mol. The molecule has 0 aliphatic carbocycles. The summed E-state index contributed by atoms with van der Waals surface area (Å²) in [5.74, 6) is -0.307. The quantitative estimate of drug-likeness (QED) is 0.676. The molecular formula is C19H26BrFN2O. The number of carbonyl (C=O) groups is 1. The smallest absolute Gasteiger partial charge is 0.181 e. The highest BCUT2D eigenvalue weighted by molar-refractivity contribution is 9.09. The number of nitrogens with zero attached hydrogens (tertiary/aromatic N) is 2. The van der Waals surface area contributed by atoms with Gasteiger partial charge in [-0.15, -0.1) is 0 Å². The molecule has 2 atom stereocenters. The molecule has 0 amide bonds. The Labute approximate surface area is 152 Å². The molecule has 2 aliphatic heterocycles. The van der Waals surface area contributed by atoms with Crippen LogP contribution in [0.25, 0.3) is 0 Å². The van der Waals surface area contributed by atoms with E-state index in [0.29, 0.717) is 17.5 Å². The minimum Gasteiger partial charge on any atom is -0.292 e. The lowest BCUT2D eigenvalue weighted by Gasteiger charge is -2.46. The Hall–Kier alpha value is -0.780. The third kappa shape index (κ3) is 3.31. The predicted molar refractivity (Wildman–Crippen MR) is 97.7 cm³/mol. The van der Waals surface area contributed by atoms with Crippen LogP contribution in [0.4, 0.5) is 4.39 Å². The van der Waals surface area contributed by atoms with Crippen LogP contribution in [0.2, 0.25) is 0 Å². The zero-order chi connectivity index (χ0) is 17.6. The predicted octanol–water partition coefficient (Wildman–Crippen LogP) is 4.71. The molecule has 2 heterocycles.